The van der Waals surface area contributed by atoms with Crippen LogP contribution in [0.3, 0.4) is 0 Å². The number of hydrogen-bond acceptors (Lipinski definition) is 1. The zero-order chi connectivity index (χ0) is 14.4. The van der Waals surface area contributed by atoms with Crippen LogP contribution >= 0.6 is 0 Å². The molecular formula is C16H21N3Se. The van der Waals surface area contributed by atoms with Gasteiger partial charge in [-0.25, -0.2) is 0 Å². The van der Waals surface area contributed by atoms with E-state index in [0.717, 1.165) is 18.8 Å². The van der Waals surface area contributed by atoms with Crippen molar-refractivity contribution < 1.29 is 0 Å². The SMILES string of the molecule is CC(C)([Se]c1ccccc1)C1CC=C(CN=[N+]=[N-])CC1. The molecule has 4 heteroatoms. The average Bonchev–Trinajstić information content (AvgIpc) is 2.46. The second kappa shape index (κ2) is 6.99. The first-order valence-electron chi connectivity index (χ1n) is 7.04. The van der Waals surface area contributed by atoms with Gasteiger partial charge in [0, 0.05) is 0 Å². The quantitative estimate of drug-likeness (QED) is 0.254. The summed E-state index contributed by atoms with van der Waals surface area (Å²) in [6.07, 6.45) is 5.72. The molecule has 1 aromatic rings. The average molecular weight is 334 g/mol. The molecular weight excluding hydrogens is 313 g/mol. The number of rotatable bonds is 5. The molecule has 106 valence electrons. The van der Waals surface area contributed by atoms with Gasteiger partial charge < -0.3 is 0 Å². The summed E-state index contributed by atoms with van der Waals surface area (Å²) in [5.41, 5.74) is 9.68. The van der Waals surface area contributed by atoms with Gasteiger partial charge in [-0.1, -0.05) is 0 Å². The zero-order valence-electron chi connectivity index (χ0n) is 12.1. The van der Waals surface area contributed by atoms with Crippen molar-refractivity contribution in [2.75, 3.05) is 6.54 Å². The molecule has 0 radical (unpaired) electrons. The van der Waals surface area contributed by atoms with E-state index in [1.807, 2.05) is 0 Å². The second-order valence-corrected chi connectivity index (χ2v) is 9.37. The predicted molar refractivity (Wildman–Crippen MR) is 85.3 cm³/mol. The van der Waals surface area contributed by atoms with Gasteiger partial charge in [-0.2, -0.15) is 0 Å². The molecule has 0 saturated heterocycles. The summed E-state index contributed by atoms with van der Waals surface area (Å²) in [6, 6.07) is 10.8. The maximum absolute atomic E-state index is 8.38. The van der Waals surface area contributed by atoms with Crippen molar-refractivity contribution in [2.45, 2.75) is 37.4 Å². The summed E-state index contributed by atoms with van der Waals surface area (Å²) in [5.74, 6) is 0.734. The van der Waals surface area contributed by atoms with E-state index in [-0.39, 0.29) is 0 Å². The van der Waals surface area contributed by atoms with E-state index >= 15 is 0 Å². The Morgan fingerprint density at radius 2 is 2.10 bits per heavy atom. The third-order valence-corrected chi connectivity index (χ3v) is 6.82. The van der Waals surface area contributed by atoms with Crippen LogP contribution in [0.1, 0.15) is 33.1 Å². The van der Waals surface area contributed by atoms with Crippen LogP contribution in [0, 0.1) is 5.92 Å². The van der Waals surface area contributed by atoms with E-state index in [0.29, 0.717) is 25.8 Å². The Balaban J connectivity index is 1.97. The van der Waals surface area contributed by atoms with E-state index in [1.54, 1.807) is 0 Å². The maximum atomic E-state index is 8.38. The van der Waals surface area contributed by atoms with Crippen LogP contribution in [-0.2, 0) is 0 Å². The number of nitrogens with zero attached hydrogens (tertiary/aromatic N) is 3. The fraction of sp³-hybridized carbons (Fsp3) is 0.500. The Morgan fingerprint density at radius 3 is 2.70 bits per heavy atom. The fourth-order valence-electron chi connectivity index (χ4n) is 2.66. The van der Waals surface area contributed by atoms with E-state index < -0.39 is 0 Å². The second-order valence-electron chi connectivity index (χ2n) is 5.74. The topological polar surface area (TPSA) is 48.8 Å². The van der Waals surface area contributed by atoms with Crippen molar-refractivity contribution in [2.24, 2.45) is 11.0 Å². The fourth-order valence-corrected chi connectivity index (χ4v) is 5.35. The normalized spacial score (nSPS) is 19.1. The molecule has 2 rings (SSSR count). The van der Waals surface area contributed by atoms with E-state index in [2.05, 4.69) is 60.3 Å². The standard InChI is InChI=1S/C16H21N3Se/c1-16(2,20-15-6-4-3-5-7-15)14-10-8-13(9-11-14)12-18-19-17/h3-8,14H,9-12H2,1-2H3. The van der Waals surface area contributed by atoms with Gasteiger partial charge in [0.25, 0.3) is 0 Å². The van der Waals surface area contributed by atoms with Crippen molar-refractivity contribution in [3.05, 3.63) is 52.4 Å². The zero-order valence-corrected chi connectivity index (χ0v) is 13.8. The van der Waals surface area contributed by atoms with Crippen molar-refractivity contribution in [1.82, 2.24) is 0 Å². The van der Waals surface area contributed by atoms with Gasteiger partial charge in [0.15, 0.2) is 0 Å². The Labute approximate surface area is 127 Å². The van der Waals surface area contributed by atoms with Crippen LogP contribution < -0.4 is 4.46 Å². The van der Waals surface area contributed by atoms with Crippen molar-refractivity contribution in [1.29, 1.82) is 0 Å². The summed E-state index contributed by atoms with van der Waals surface area (Å²) >= 11 is 0.495. The van der Waals surface area contributed by atoms with E-state index in [4.69, 9.17) is 5.53 Å². The molecule has 1 aromatic carbocycles. The predicted octanol–water partition coefficient (Wildman–Crippen LogP) is 4.25. The van der Waals surface area contributed by atoms with Crippen molar-refractivity contribution in [3.8, 4) is 0 Å². The summed E-state index contributed by atoms with van der Waals surface area (Å²) in [7, 11) is 0. The Morgan fingerprint density at radius 1 is 1.35 bits per heavy atom. The third-order valence-electron chi connectivity index (χ3n) is 3.95. The van der Waals surface area contributed by atoms with Crippen LogP contribution in [0.5, 0.6) is 0 Å². The molecule has 0 heterocycles. The summed E-state index contributed by atoms with van der Waals surface area (Å²) in [6.45, 7) is 5.35. The van der Waals surface area contributed by atoms with E-state index in [1.165, 1.54) is 16.5 Å². The molecule has 0 fully saturated rings. The molecule has 1 atom stereocenters. The summed E-state index contributed by atoms with van der Waals surface area (Å²) in [5, 5.41) is 3.67. The Hall–Kier alpha value is -1.21. The van der Waals surface area contributed by atoms with Gasteiger partial charge >= 0.3 is 127 Å². The molecule has 0 aliphatic heterocycles. The summed E-state index contributed by atoms with van der Waals surface area (Å²) < 4.78 is 1.85. The molecule has 1 unspecified atom stereocenters. The monoisotopic (exact) mass is 335 g/mol. The summed E-state index contributed by atoms with van der Waals surface area (Å²) in [4.78, 5) is 2.84. The molecule has 0 saturated carbocycles. The molecule has 0 N–H and O–H groups in total. The molecule has 0 aromatic heterocycles. The van der Waals surface area contributed by atoms with Crippen LogP contribution in [-0.4, -0.2) is 21.5 Å². The molecule has 3 nitrogen and oxygen atoms in total. The van der Waals surface area contributed by atoms with Gasteiger partial charge in [-0.3, -0.25) is 0 Å². The Bertz CT molecular complexity index is 516. The van der Waals surface area contributed by atoms with Gasteiger partial charge in [0.05, 0.1) is 0 Å². The molecule has 20 heavy (non-hydrogen) atoms. The van der Waals surface area contributed by atoms with Gasteiger partial charge in [-0.05, 0) is 0 Å². The third kappa shape index (κ3) is 4.14. The van der Waals surface area contributed by atoms with E-state index in [9.17, 15) is 0 Å². The molecule has 1 aliphatic rings. The van der Waals surface area contributed by atoms with Gasteiger partial charge in [0.2, 0.25) is 0 Å². The van der Waals surface area contributed by atoms with Crippen molar-refractivity contribution in [3.63, 3.8) is 0 Å². The molecule has 1 aliphatic carbocycles. The molecule has 0 bridgehead atoms. The minimum absolute atomic E-state index is 0.370. The Kier molecular flexibility index (Phi) is 5.30. The number of hydrogen-bond donors (Lipinski definition) is 0. The first kappa shape index (κ1) is 15.2. The first-order chi connectivity index (χ1) is 9.62. The van der Waals surface area contributed by atoms with Gasteiger partial charge in [0.1, 0.15) is 0 Å². The van der Waals surface area contributed by atoms with Crippen molar-refractivity contribution >= 4 is 19.4 Å². The van der Waals surface area contributed by atoms with Gasteiger partial charge in [-0.15, -0.1) is 0 Å². The molecule has 0 spiro atoms. The first-order valence-corrected chi connectivity index (χ1v) is 8.76. The van der Waals surface area contributed by atoms with Crippen LogP contribution in [0.2, 0.25) is 4.31 Å². The number of allylic oxidation sites excluding steroid dienone is 1. The number of benzene rings is 1. The van der Waals surface area contributed by atoms with Crippen LogP contribution in [0.15, 0.2) is 47.1 Å². The minimum atomic E-state index is 0.370. The molecule has 0 amide bonds. The van der Waals surface area contributed by atoms with Crippen LogP contribution in [0.25, 0.3) is 10.4 Å². The number of azide groups is 1. The van der Waals surface area contributed by atoms with Crippen LogP contribution in [0.4, 0.5) is 0 Å².